The zero-order valence-corrected chi connectivity index (χ0v) is 12.6. The van der Waals surface area contributed by atoms with Crippen LogP contribution in [0.4, 0.5) is 8.78 Å². The van der Waals surface area contributed by atoms with E-state index < -0.39 is 17.7 Å². The number of hydrogen-bond acceptors (Lipinski definition) is 2. The fraction of sp³-hybridized carbons (Fsp3) is 0.933. The van der Waals surface area contributed by atoms with Crippen LogP contribution in [-0.4, -0.2) is 54.9 Å². The van der Waals surface area contributed by atoms with Crippen molar-refractivity contribution in [3.05, 3.63) is 0 Å². The summed E-state index contributed by atoms with van der Waals surface area (Å²) in [6, 6.07) is 0. The van der Waals surface area contributed by atoms with E-state index in [1.54, 1.807) is 4.90 Å². The van der Waals surface area contributed by atoms with Gasteiger partial charge in [0.15, 0.2) is 0 Å². The molecule has 2 aliphatic heterocycles. The topological polar surface area (TPSA) is 23.6 Å². The highest BCUT2D eigenvalue weighted by Gasteiger charge is 2.42. The van der Waals surface area contributed by atoms with Crippen LogP contribution >= 0.6 is 0 Å². The Morgan fingerprint density at radius 3 is 2.45 bits per heavy atom. The molecule has 0 spiro atoms. The molecule has 2 saturated heterocycles. The van der Waals surface area contributed by atoms with Crippen molar-refractivity contribution in [3.8, 4) is 0 Å². The van der Waals surface area contributed by atoms with E-state index in [2.05, 4.69) is 4.90 Å². The highest BCUT2D eigenvalue weighted by Crippen LogP contribution is 2.30. The van der Waals surface area contributed by atoms with Gasteiger partial charge in [0.25, 0.3) is 6.43 Å². The van der Waals surface area contributed by atoms with E-state index >= 15 is 0 Å². The zero-order chi connectivity index (χ0) is 14.8. The van der Waals surface area contributed by atoms with Gasteiger partial charge in [0.05, 0.1) is 0 Å². The number of halogens is 2. The highest BCUT2D eigenvalue weighted by atomic mass is 19.3. The maximum Gasteiger partial charge on any atom is 0.252 e. The Hall–Kier alpha value is -0.710. The van der Waals surface area contributed by atoms with Gasteiger partial charge in [-0.3, -0.25) is 4.79 Å². The monoisotopic (exact) mass is 288 g/mol. The third-order valence-electron chi connectivity index (χ3n) is 4.63. The Labute approximate surface area is 120 Å². The number of hydrogen-bond donors (Lipinski definition) is 0. The van der Waals surface area contributed by atoms with Crippen LogP contribution in [0.3, 0.4) is 0 Å². The number of carbonyl (C=O) groups is 1. The van der Waals surface area contributed by atoms with Crippen molar-refractivity contribution in [2.45, 2.75) is 46.0 Å². The van der Waals surface area contributed by atoms with Crippen LogP contribution < -0.4 is 0 Å². The molecule has 5 heteroatoms. The second kappa shape index (κ2) is 6.37. The Kier molecular flexibility index (Phi) is 4.99. The van der Waals surface area contributed by atoms with E-state index in [0.717, 1.165) is 26.1 Å². The van der Waals surface area contributed by atoms with Crippen LogP contribution in [-0.2, 0) is 4.79 Å². The summed E-state index contributed by atoms with van der Waals surface area (Å²) in [7, 11) is 0. The van der Waals surface area contributed by atoms with Crippen molar-refractivity contribution < 1.29 is 13.6 Å². The molecule has 20 heavy (non-hydrogen) atoms. The number of likely N-dealkylation sites (tertiary alicyclic amines) is 2. The van der Waals surface area contributed by atoms with Crippen LogP contribution in [0.15, 0.2) is 0 Å². The molecule has 0 aromatic rings. The van der Waals surface area contributed by atoms with Gasteiger partial charge in [0.2, 0.25) is 5.91 Å². The smallest absolute Gasteiger partial charge is 0.252 e. The average molecular weight is 288 g/mol. The molecular formula is C15H26F2N2O. The van der Waals surface area contributed by atoms with Crippen molar-refractivity contribution in [3.63, 3.8) is 0 Å². The molecule has 3 nitrogen and oxygen atoms in total. The van der Waals surface area contributed by atoms with E-state index in [1.165, 1.54) is 33.1 Å². The van der Waals surface area contributed by atoms with E-state index in [9.17, 15) is 13.6 Å². The summed E-state index contributed by atoms with van der Waals surface area (Å²) < 4.78 is 25.9. The fourth-order valence-electron chi connectivity index (χ4n) is 3.17. The maximum absolute atomic E-state index is 12.9. The molecule has 1 atom stereocenters. The van der Waals surface area contributed by atoms with Crippen molar-refractivity contribution in [1.29, 1.82) is 0 Å². The lowest BCUT2D eigenvalue weighted by Gasteiger charge is -2.30. The highest BCUT2D eigenvalue weighted by molar-refractivity contribution is 5.82. The minimum Gasteiger partial charge on any atom is -0.342 e. The number of piperidine rings is 1. The molecule has 0 saturated carbocycles. The van der Waals surface area contributed by atoms with Gasteiger partial charge in [-0.05, 0) is 52.1 Å². The predicted octanol–water partition coefficient (Wildman–Crippen LogP) is 2.61. The fourth-order valence-corrected chi connectivity index (χ4v) is 3.17. The van der Waals surface area contributed by atoms with Crippen LogP contribution in [0, 0.1) is 11.3 Å². The lowest BCUT2D eigenvalue weighted by Crippen LogP contribution is -2.44. The first-order valence-electron chi connectivity index (χ1n) is 7.71. The molecule has 2 aliphatic rings. The summed E-state index contributed by atoms with van der Waals surface area (Å²) in [4.78, 5) is 16.3. The van der Waals surface area contributed by atoms with Crippen molar-refractivity contribution in [2.75, 3.05) is 32.7 Å². The number of rotatable bonds is 4. The summed E-state index contributed by atoms with van der Waals surface area (Å²) in [6.45, 7) is 7.27. The van der Waals surface area contributed by atoms with Crippen LogP contribution in [0.2, 0.25) is 0 Å². The van der Waals surface area contributed by atoms with E-state index in [0.29, 0.717) is 19.0 Å². The average Bonchev–Trinajstić information content (AvgIpc) is 2.87. The van der Waals surface area contributed by atoms with Gasteiger partial charge >= 0.3 is 0 Å². The van der Waals surface area contributed by atoms with E-state index in [1.807, 2.05) is 0 Å². The molecular weight excluding hydrogens is 262 g/mol. The molecule has 0 unspecified atom stereocenters. The molecule has 0 bridgehead atoms. The molecule has 1 amide bonds. The predicted molar refractivity (Wildman–Crippen MR) is 74.8 cm³/mol. The Morgan fingerprint density at radius 2 is 1.85 bits per heavy atom. The van der Waals surface area contributed by atoms with Crippen molar-refractivity contribution in [1.82, 2.24) is 9.80 Å². The molecule has 0 N–H and O–H groups in total. The second-order valence-electron chi connectivity index (χ2n) is 6.79. The van der Waals surface area contributed by atoms with Gasteiger partial charge in [-0.15, -0.1) is 0 Å². The lowest BCUT2D eigenvalue weighted by molar-refractivity contribution is -0.147. The zero-order valence-electron chi connectivity index (χ0n) is 12.6. The van der Waals surface area contributed by atoms with E-state index in [4.69, 9.17) is 0 Å². The summed E-state index contributed by atoms with van der Waals surface area (Å²) in [6.07, 6.45) is 2.17. The van der Waals surface area contributed by atoms with Crippen LogP contribution in [0.5, 0.6) is 0 Å². The third kappa shape index (κ3) is 3.48. The van der Waals surface area contributed by atoms with Gasteiger partial charge in [-0.25, -0.2) is 8.78 Å². The van der Waals surface area contributed by atoms with Crippen molar-refractivity contribution in [2.24, 2.45) is 11.3 Å². The first-order chi connectivity index (χ1) is 9.41. The quantitative estimate of drug-likeness (QED) is 0.794. The first kappa shape index (κ1) is 15.7. The Bertz CT molecular complexity index is 341. The SMILES string of the molecule is CC(C)(C(=O)N1CC[C@@H](CN2CCCCC2)C1)C(F)F. The molecule has 0 radical (unpaired) electrons. The molecule has 0 aliphatic carbocycles. The van der Waals surface area contributed by atoms with Gasteiger partial charge in [-0.1, -0.05) is 6.42 Å². The number of alkyl halides is 2. The lowest BCUT2D eigenvalue weighted by atomic mass is 9.92. The number of amides is 1. The minimum atomic E-state index is -2.60. The molecule has 2 heterocycles. The standard InChI is InChI=1S/C15H26F2N2O/c1-15(2,13(16)17)14(20)19-9-6-12(11-19)10-18-7-4-3-5-8-18/h12-13H,3-11H2,1-2H3/t12-/m0/s1. The second-order valence-corrected chi connectivity index (χ2v) is 6.79. The Morgan fingerprint density at radius 1 is 1.20 bits per heavy atom. The third-order valence-corrected chi connectivity index (χ3v) is 4.63. The summed E-state index contributed by atoms with van der Waals surface area (Å²) in [5, 5.41) is 0. The summed E-state index contributed by atoms with van der Waals surface area (Å²) in [5.74, 6) is 0.0548. The van der Waals surface area contributed by atoms with Crippen LogP contribution in [0.25, 0.3) is 0 Å². The number of carbonyl (C=O) groups excluding carboxylic acids is 1. The Balaban J connectivity index is 1.84. The molecule has 116 valence electrons. The normalized spacial score (nSPS) is 25.4. The van der Waals surface area contributed by atoms with Gasteiger partial charge in [0, 0.05) is 19.6 Å². The summed E-state index contributed by atoms with van der Waals surface area (Å²) in [5.41, 5.74) is -1.56. The van der Waals surface area contributed by atoms with Gasteiger partial charge in [0.1, 0.15) is 5.41 Å². The molecule has 2 rings (SSSR count). The van der Waals surface area contributed by atoms with E-state index in [-0.39, 0.29) is 0 Å². The molecule has 2 fully saturated rings. The maximum atomic E-state index is 12.9. The molecule has 0 aromatic heterocycles. The summed E-state index contributed by atoms with van der Waals surface area (Å²) >= 11 is 0. The molecule has 0 aromatic carbocycles. The van der Waals surface area contributed by atoms with Crippen LogP contribution in [0.1, 0.15) is 39.5 Å². The van der Waals surface area contributed by atoms with Gasteiger partial charge < -0.3 is 9.80 Å². The largest absolute Gasteiger partial charge is 0.342 e. The number of nitrogens with zero attached hydrogens (tertiary/aromatic N) is 2. The van der Waals surface area contributed by atoms with Crippen molar-refractivity contribution >= 4 is 5.91 Å². The first-order valence-corrected chi connectivity index (χ1v) is 7.71. The van der Waals surface area contributed by atoms with Gasteiger partial charge in [-0.2, -0.15) is 0 Å². The minimum absolute atomic E-state index is 0.395.